The number of amides is 1. The van der Waals surface area contributed by atoms with E-state index >= 15 is 0 Å². The molecule has 1 atom stereocenters. The number of carboxylic acid groups (broad SMARTS) is 1. The third-order valence-electron chi connectivity index (χ3n) is 7.15. The first-order chi connectivity index (χ1) is 15.5. The number of fused-ring (bicyclic) bond motifs is 1. The zero-order valence-corrected chi connectivity index (χ0v) is 20.1. The molecule has 0 saturated carbocycles. The highest BCUT2D eigenvalue weighted by molar-refractivity contribution is 5.95. The fourth-order valence-corrected chi connectivity index (χ4v) is 5.46. The van der Waals surface area contributed by atoms with Crippen molar-refractivity contribution in [2.75, 3.05) is 32.1 Å². The van der Waals surface area contributed by atoms with Gasteiger partial charge in [-0.3, -0.25) is 4.79 Å². The molecule has 0 radical (unpaired) electrons. The minimum Gasteiger partial charge on any atom is -0.478 e. The number of carbonyl (C=O) groups excluding carboxylic acids is 1. The van der Waals surface area contributed by atoms with Crippen molar-refractivity contribution in [2.45, 2.75) is 27.2 Å². The van der Waals surface area contributed by atoms with Crippen molar-refractivity contribution in [1.29, 1.82) is 0 Å². The van der Waals surface area contributed by atoms with Gasteiger partial charge in [0.05, 0.1) is 5.56 Å². The van der Waals surface area contributed by atoms with E-state index in [-0.39, 0.29) is 16.7 Å². The maximum Gasteiger partial charge on any atom is 0.335 e. The lowest BCUT2D eigenvalue weighted by atomic mass is 9.58. The lowest BCUT2D eigenvalue weighted by Gasteiger charge is -2.50. The second-order valence-corrected chi connectivity index (χ2v) is 10.1. The minimum absolute atomic E-state index is 0.0621. The summed E-state index contributed by atoms with van der Waals surface area (Å²) in [7, 11) is 3.95. The lowest BCUT2D eigenvalue weighted by molar-refractivity contribution is 0.0678. The fraction of sp³-hybridized carbons (Fsp3) is 0.357. The number of benzene rings is 2. The van der Waals surface area contributed by atoms with Gasteiger partial charge in [0.15, 0.2) is 0 Å². The Bertz CT molecular complexity index is 1160. The van der Waals surface area contributed by atoms with Crippen molar-refractivity contribution < 1.29 is 14.7 Å². The summed E-state index contributed by atoms with van der Waals surface area (Å²) in [4.78, 5) is 28.5. The van der Waals surface area contributed by atoms with Crippen LogP contribution in [0.4, 0.5) is 5.69 Å². The molecule has 1 N–H and O–H groups in total. The highest BCUT2D eigenvalue weighted by Crippen LogP contribution is 2.55. The Morgan fingerprint density at radius 3 is 2.30 bits per heavy atom. The molecular weight excluding hydrogens is 412 g/mol. The number of carboxylic acids is 1. The average molecular weight is 445 g/mol. The highest BCUT2D eigenvalue weighted by atomic mass is 16.4. The van der Waals surface area contributed by atoms with Crippen LogP contribution < -0.4 is 4.90 Å². The fourth-order valence-electron chi connectivity index (χ4n) is 5.46. The van der Waals surface area contributed by atoms with E-state index < -0.39 is 5.97 Å². The third-order valence-corrected chi connectivity index (χ3v) is 7.15. The zero-order valence-electron chi connectivity index (χ0n) is 20.1. The molecule has 5 nitrogen and oxygen atoms in total. The van der Waals surface area contributed by atoms with Gasteiger partial charge in [0.2, 0.25) is 0 Å². The quantitative estimate of drug-likeness (QED) is 0.646. The van der Waals surface area contributed by atoms with Crippen LogP contribution in [0.15, 0.2) is 66.3 Å². The molecule has 0 fully saturated rings. The van der Waals surface area contributed by atoms with E-state index in [1.165, 1.54) is 11.1 Å². The molecule has 2 aromatic carbocycles. The Morgan fingerprint density at radius 2 is 1.67 bits per heavy atom. The van der Waals surface area contributed by atoms with Gasteiger partial charge in [0.1, 0.15) is 0 Å². The van der Waals surface area contributed by atoms with Gasteiger partial charge >= 0.3 is 5.97 Å². The van der Waals surface area contributed by atoms with Crippen LogP contribution in [0, 0.1) is 10.8 Å². The van der Waals surface area contributed by atoms with Crippen molar-refractivity contribution in [3.63, 3.8) is 0 Å². The van der Waals surface area contributed by atoms with Gasteiger partial charge < -0.3 is 14.9 Å². The minimum atomic E-state index is -0.915. The van der Waals surface area contributed by atoms with Crippen LogP contribution in [0.1, 0.15) is 53.5 Å². The van der Waals surface area contributed by atoms with Gasteiger partial charge in [-0.2, -0.15) is 0 Å². The molecule has 2 aliphatic rings. The molecule has 172 valence electrons. The largest absolute Gasteiger partial charge is 0.478 e. The highest BCUT2D eigenvalue weighted by Gasteiger charge is 2.46. The van der Waals surface area contributed by atoms with Crippen LogP contribution in [-0.2, 0) is 0 Å². The monoisotopic (exact) mass is 444 g/mol. The van der Waals surface area contributed by atoms with Gasteiger partial charge in [0, 0.05) is 49.3 Å². The number of aromatic carboxylic acids is 1. The molecule has 0 saturated heterocycles. The molecule has 1 aliphatic heterocycles. The van der Waals surface area contributed by atoms with Crippen molar-refractivity contribution >= 4 is 23.1 Å². The van der Waals surface area contributed by atoms with E-state index in [2.05, 4.69) is 32.9 Å². The van der Waals surface area contributed by atoms with Gasteiger partial charge in [-0.05, 0) is 47.9 Å². The summed E-state index contributed by atoms with van der Waals surface area (Å²) >= 11 is 0. The molecule has 2 aromatic rings. The van der Waals surface area contributed by atoms with E-state index in [1.807, 2.05) is 60.3 Å². The third kappa shape index (κ3) is 4.08. The number of hydrogen-bond acceptors (Lipinski definition) is 3. The Morgan fingerprint density at radius 1 is 0.970 bits per heavy atom. The van der Waals surface area contributed by atoms with E-state index in [0.717, 1.165) is 17.7 Å². The predicted molar refractivity (Wildman–Crippen MR) is 133 cm³/mol. The molecule has 1 heterocycles. The van der Waals surface area contributed by atoms with Crippen molar-refractivity contribution in [3.8, 4) is 0 Å². The molecule has 1 aliphatic carbocycles. The molecule has 0 spiro atoms. The Balaban J connectivity index is 1.61. The molecule has 0 bridgehead atoms. The SMILES string of the molecule is CN(C)c1cccc(C(=O)N2CC=C3C(C)(C)C(c4ccc(C(=O)O)cc4)=CC[C@]3(C)C2)c1. The summed E-state index contributed by atoms with van der Waals surface area (Å²) < 4.78 is 0. The Kier molecular flexibility index (Phi) is 5.69. The summed E-state index contributed by atoms with van der Waals surface area (Å²) in [6.07, 6.45) is 5.34. The number of anilines is 1. The second kappa shape index (κ2) is 8.22. The van der Waals surface area contributed by atoms with Crippen LogP contribution >= 0.6 is 0 Å². The molecule has 0 aromatic heterocycles. The number of allylic oxidation sites excluding steroid dienone is 2. The predicted octanol–water partition coefficient (Wildman–Crippen LogP) is 5.35. The standard InChI is InChI=1S/C28H32N2O3/c1-27(2)23(19-9-11-20(12-10-19)26(32)33)13-15-28(3)18-30(16-14-24(27)28)25(31)21-7-6-8-22(17-21)29(4)5/h6-14,17H,15-16,18H2,1-5H3,(H,32,33)/t28-/m1/s1. The number of hydrogen-bond donors (Lipinski definition) is 1. The molecule has 4 rings (SSSR count). The molecule has 1 amide bonds. The van der Waals surface area contributed by atoms with Crippen molar-refractivity contribution in [2.24, 2.45) is 10.8 Å². The Hall–Kier alpha value is -3.34. The Labute approximate surface area is 196 Å². The van der Waals surface area contributed by atoms with Gasteiger partial charge in [-0.15, -0.1) is 0 Å². The maximum atomic E-state index is 13.3. The topological polar surface area (TPSA) is 60.9 Å². The first-order valence-corrected chi connectivity index (χ1v) is 11.3. The van der Waals surface area contributed by atoms with E-state index in [4.69, 9.17) is 0 Å². The summed E-state index contributed by atoms with van der Waals surface area (Å²) in [5, 5.41) is 9.21. The maximum absolute atomic E-state index is 13.3. The zero-order chi connectivity index (χ0) is 24.0. The number of carbonyl (C=O) groups is 2. The molecule has 33 heavy (non-hydrogen) atoms. The second-order valence-electron chi connectivity index (χ2n) is 10.1. The van der Waals surface area contributed by atoms with Crippen LogP contribution in [-0.4, -0.2) is 49.1 Å². The molecule has 0 unspecified atom stereocenters. The first-order valence-electron chi connectivity index (χ1n) is 11.3. The average Bonchev–Trinajstić information content (AvgIpc) is 2.78. The van der Waals surface area contributed by atoms with Crippen molar-refractivity contribution in [1.82, 2.24) is 4.90 Å². The molecular formula is C28H32N2O3. The number of rotatable bonds is 4. The van der Waals surface area contributed by atoms with Gasteiger partial charge in [0.25, 0.3) is 5.91 Å². The number of nitrogens with zero attached hydrogens (tertiary/aromatic N) is 2. The van der Waals surface area contributed by atoms with Crippen molar-refractivity contribution in [3.05, 3.63) is 82.9 Å². The smallest absolute Gasteiger partial charge is 0.335 e. The van der Waals surface area contributed by atoms with Crippen LogP contribution in [0.5, 0.6) is 0 Å². The molecule has 5 heteroatoms. The summed E-state index contributed by atoms with van der Waals surface area (Å²) in [6.45, 7) is 7.97. The first kappa shape index (κ1) is 22.8. The van der Waals surface area contributed by atoms with Crippen LogP contribution in [0.3, 0.4) is 0 Å². The van der Waals surface area contributed by atoms with E-state index in [0.29, 0.717) is 24.2 Å². The summed E-state index contributed by atoms with van der Waals surface area (Å²) in [6, 6.07) is 14.9. The van der Waals surface area contributed by atoms with Crippen LogP contribution in [0.2, 0.25) is 0 Å². The summed E-state index contributed by atoms with van der Waals surface area (Å²) in [5.74, 6) is -0.853. The van der Waals surface area contributed by atoms with E-state index in [1.54, 1.807) is 12.1 Å². The van der Waals surface area contributed by atoms with E-state index in [9.17, 15) is 14.7 Å². The van der Waals surface area contributed by atoms with Crippen LogP contribution in [0.25, 0.3) is 5.57 Å². The lowest BCUT2D eigenvalue weighted by Crippen LogP contribution is -2.48. The normalized spacial score (nSPS) is 21.5. The van der Waals surface area contributed by atoms with Gasteiger partial charge in [-0.1, -0.05) is 56.7 Å². The van der Waals surface area contributed by atoms with Gasteiger partial charge in [-0.25, -0.2) is 4.79 Å². The summed E-state index contributed by atoms with van der Waals surface area (Å²) in [5.41, 5.74) is 5.28.